The number of Topliss-reactive ketones (excluding diaryl/α,β-unsaturated/α-hetero) is 1. The number of anilines is 1. The molecule has 0 saturated carbocycles. The van der Waals surface area contributed by atoms with Crippen molar-refractivity contribution in [2.45, 2.75) is 0 Å². The van der Waals surface area contributed by atoms with E-state index in [1.54, 1.807) is 40.6 Å². The monoisotopic (exact) mass is 400 g/mol. The van der Waals surface area contributed by atoms with E-state index in [1.165, 1.54) is 5.69 Å². The van der Waals surface area contributed by atoms with Gasteiger partial charge in [0.15, 0.2) is 17.3 Å². The Bertz CT molecular complexity index is 805. The number of carbonyl (C=O) groups is 1. The van der Waals surface area contributed by atoms with Gasteiger partial charge in [0.1, 0.15) is 5.75 Å². The van der Waals surface area contributed by atoms with E-state index in [9.17, 15) is 4.79 Å². The van der Waals surface area contributed by atoms with Crippen LogP contribution in [0.3, 0.4) is 0 Å². The van der Waals surface area contributed by atoms with E-state index in [-0.39, 0.29) is 5.78 Å². The lowest BCUT2D eigenvalue weighted by atomic mass is 10.1. The van der Waals surface area contributed by atoms with Crippen molar-refractivity contribution in [1.82, 2.24) is 4.90 Å². The van der Waals surface area contributed by atoms with Crippen LogP contribution in [0.4, 0.5) is 5.69 Å². The van der Waals surface area contributed by atoms with Crippen molar-refractivity contribution in [1.29, 1.82) is 0 Å². The molecule has 1 fully saturated rings. The molecule has 0 N–H and O–H groups in total. The molecule has 0 spiro atoms. The van der Waals surface area contributed by atoms with Crippen LogP contribution in [0.15, 0.2) is 36.4 Å². The van der Waals surface area contributed by atoms with Gasteiger partial charge in [-0.2, -0.15) is 0 Å². The standard InChI is InChI=1S/C22H28N2O5/c1-26-18-7-5-17(6-8-18)24-11-9-23(10-12-24)15-19(25)16-13-20(27-2)22(29-4)21(14-16)28-3/h5-8,13-14H,9-12,15H2,1-4H3. The molecule has 2 aromatic rings. The van der Waals surface area contributed by atoms with Crippen molar-refractivity contribution in [2.75, 3.05) is 66.1 Å². The average molecular weight is 400 g/mol. The van der Waals surface area contributed by atoms with E-state index in [2.05, 4.69) is 21.9 Å². The second-order valence-electron chi connectivity index (χ2n) is 6.80. The van der Waals surface area contributed by atoms with Gasteiger partial charge < -0.3 is 23.8 Å². The number of nitrogens with zero attached hydrogens (tertiary/aromatic N) is 2. The zero-order valence-electron chi connectivity index (χ0n) is 17.4. The van der Waals surface area contributed by atoms with Gasteiger partial charge >= 0.3 is 0 Å². The summed E-state index contributed by atoms with van der Waals surface area (Å²) in [6.45, 7) is 3.74. The smallest absolute Gasteiger partial charge is 0.203 e. The molecule has 156 valence electrons. The highest BCUT2D eigenvalue weighted by Crippen LogP contribution is 2.38. The fraction of sp³-hybridized carbons (Fsp3) is 0.409. The minimum Gasteiger partial charge on any atom is -0.497 e. The van der Waals surface area contributed by atoms with Crippen LogP contribution in [0.1, 0.15) is 10.4 Å². The highest BCUT2D eigenvalue weighted by molar-refractivity contribution is 5.98. The number of piperazine rings is 1. The Morgan fingerprint density at radius 2 is 1.41 bits per heavy atom. The van der Waals surface area contributed by atoms with Gasteiger partial charge in [-0.25, -0.2) is 0 Å². The number of ketones is 1. The Kier molecular flexibility index (Phi) is 6.82. The quantitative estimate of drug-likeness (QED) is 0.632. The second kappa shape index (κ2) is 9.52. The highest BCUT2D eigenvalue weighted by Gasteiger charge is 2.22. The molecule has 1 saturated heterocycles. The number of ether oxygens (including phenoxy) is 4. The molecule has 7 heteroatoms. The first-order valence-corrected chi connectivity index (χ1v) is 9.54. The molecule has 29 heavy (non-hydrogen) atoms. The summed E-state index contributed by atoms with van der Waals surface area (Å²) < 4.78 is 21.2. The fourth-order valence-electron chi connectivity index (χ4n) is 3.49. The largest absolute Gasteiger partial charge is 0.497 e. The van der Waals surface area contributed by atoms with E-state index in [1.807, 2.05) is 12.1 Å². The first kappa shape index (κ1) is 20.8. The Morgan fingerprint density at radius 1 is 0.828 bits per heavy atom. The molecule has 7 nitrogen and oxygen atoms in total. The van der Waals surface area contributed by atoms with Gasteiger partial charge in [-0.3, -0.25) is 9.69 Å². The molecule has 0 radical (unpaired) electrons. The van der Waals surface area contributed by atoms with Crippen molar-refractivity contribution >= 4 is 11.5 Å². The first-order valence-electron chi connectivity index (χ1n) is 9.54. The lowest BCUT2D eigenvalue weighted by Crippen LogP contribution is -2.48. The zero-order chi connectivity index (χ0) is 20.8. The van der Waals surface area contributed by atoms with E-state index in [0.717, 1.165) is 31.9 Å². The Balaban J connectivity index is 1.62. The highest BCUT2D eigenvalue weighted by atomic mass is 16.5. The summed E-state index contributed by atoms with van der Waals surface area (Å²) in [5.41, 5.74) is 1.72. The summed E-state index contributed by atoms with van der Waals surface area (Å²) in [6, 6.07) is 11.5. The summed E-state index contributed by atoms with van der Waals surface area (Å²) in [7, 11) is 6.30. The van der Waals surface area contributed by atoms with Crippen LogP contribution in [0, 0.1) is 0 Å². The lowest BCUT2D eigenvalue weighted by Gasteiger charge is -2.35. The third-order valence-electron chi connectivity index (χ3n) is 5.16. The third-order valence-corrected chi connectivity index (χ3v) is 5.16. The summed E-state index contributed by atoms with van der Waals surface area (Å²) >= 11 is 0. The van der Waals surface area contributed by atoms with Gasteiger partial charge in [0.05, 0.1) is 35.0 Å². The van der Waals surface area contributed by atoms with E-state index in [4.69, 9.17) is 18.9 Å². The predicted octanol–water partition coefficient (Wildman–Crippen LogP) is 2.73. The first-order chi connectivity index (χ1) is 14.1. The van der Waals surface area contributed by atoms with Crippen LogP contribution in [-0.4, -0.2) is 71.8 Å². The number of hydrogen-bond acceptors (Lipinski definition) is 7. The van der Waals surface area contributed by atoms with Crippen molar-refractivity contribution in [2.24, 2.45) is 0 Å². The molecule has 1 heterocycles. The van der Waals surface area contributed by atoms with Gasteiger partial charge in [-0.15, -0.1) is 0 Å². The van der Waals surface area contributed by atoms with Crippen molar-refractivity contribution in [3.8, 4) is 23.0 Å². The average Bonchev–Trinajstić information content (AvgIpc) is 2.78. The van der Waals surface area contributed by atoms with Crippen LogP contribution in [0.2, 0.25) is 0 Å². The Hall–Kier alpha value is -2.93. The predicted molar refractivity (Wildman–Crippen MR) is 112 cm³/mol. The van der Waals surface area contributed by atoms with Gasteiger partial charge in [-0.1, -0.05) is 0 Å². The Morgan fingerprint density at radius 3 is 1.90 bits per heavy atom. The molecular weight excluding hydrogens is 372 g/mol. The van der Waals surface area contributed by atoms with Crippen LogP contribution < -0.4 is 23.8 Å². The summed E-state index contributed by atoms with van der Waals surface area (Å²) in [4.78, 5) is 17.3. The normalized spacial score (nSPS) is 14.4. The molecule has 3 rings (SSSR count). The minimum absolute atomic E-state index is 0.0298. The fourth-order valence-corrected chi connectivity index (χ4v) is 3.49. The van der Waals surface area contributed by atoms with Gasteiger partial charge in [-0.05, 0) is 36.4 Å². The lowest BCUT2D eigenvalue weighted by molar-refractivity contribution is 0.0925. The zero-order valence-corrected chi connectivity index (χ0v) is 17.4. The van der Waals surface area contributed by atoms with E-state index >= 15 is 0 Å². The minimum atomic E-state index is 0.0298. The van der Waals surface area contributed by atoms with Crippen LogP contribution >= 0.6 is 0 Å². The SMILES string of the molecule is COc1ccc(N2CCN(CC(=O)c3cc(OC)c(OC)c(OC)c3)CC2)cc1. The Labute approximate surface area is 171 Å². The number of methoxy groups -OCH3 is 4. The van der Waals surface area contributed by atoms with Crippen LogP contribution in [-0.2, 0) is 0 Å². The topological polar surface area (TPSA) is 60.5 Å². The second-order valence-corrected chi connectivity index (χ2v) is 6.80. The molecule has 0 amide bonds. The summed E-state index contributed by atoms with van der Waals surface area (Å²) in [5.74, 6) is 2.34. The van der Waals surface area contributed by atoms with Crippen molar-refractivity contribution in [3.63, 3.8) is 0 Å². The summed E-state index contributed by atoms with van der Waals surface area (Å²) in [5, 5.41) is 0. The third kappa shape index (κ3) is 4.74. The van der Waals surface area contributed by atoms with Crippen LogP contribution in [0.25, 0.3) is 0 Å². The van der Waals surface area contributed by atoms with Gasteiger partial charge in [0.2, 0.25) is 5.75 Å². The van der Waals surface area contributed by atoms with Gasteiger partial charge in [0, 0.05) is 37.4 Å². The molecule has 0 atom stereocenters. The molecule has 0 aliphatic carbocycles. The van der Waals surface area contributed by atoms with Crippen molar-refractivity contribution < 1.29 is 23.7 Å². The van der Waals surface area contributed by atoms with Crippen molar-refractivity contribution in [3.05, 3.63) is 42.0 Å². The maximum absolute atomic E-state index is 12.8. The maximum Gasteiger partial charge on any atom is 0.203 e. The van der Waals surface area contributed by atoms with Crippen LogP contribution in [0.5, 0.6) is 23.0 Å². The van der Waals surface area contributed by atoms with E-state index < -0.39 is 0 Å². The molecule has 0 bridgehead atoms. The van der Waals surface area contributed by atoms with Gasteiger partial charge in [0.25, 0.3) is 0 Å². The number of carbonyl (C=O) groups excluding carboxylic acids is 1. The molecule has 0 aromatic heterocycles. The number of benzene rings is 2. The number of hydrogen-bond donors (Lipinski definition) is 0. The number of rotatable bonds is 8. The molecular formula is C22H28N2O5. The molecule has 0 unspecified atom stereocenters. The molecule has 1 aliphatic rings. The van der Waals surface area contributed by atoms with E-state index in [0.29, 0.717) is 29.4 Å². The maximum atomic E-state index is 12.8. The summed E-state index contributed by atoms with van der Waals surface area (Å²) in [6.07, 6.45) is 0. The molecule has 2 aromatic carbocycles. The molecule has 1 aliphatic heterocycles.